The number of esters is 2. The number of phosphoric ester groups is 1. The minimum atomic E-state index is -4.78. The smallest absolute Gasteiger partial charge is 0.472 e. The zero-order valence-corrected chi connectivity index (χ0v) is 39.6. The van der Waals surface area contributed by atoms with E-state index in [0.29, 0.717) is 6.42 Å². The maximum atomic E-state index is 13.1. The number of ether oxygens (including phenoxy) is 2. The van der Waals surface area contributed by atoms with Crippen LogP contribution in [0, 0.1) is 5.92 Å². The van der Waals surface area contributed by atoms with Crippen molar-refractivity contribution in [2.24, 2.45) is 11.7 Å². The number of rotatable bonds is 42. The van der Waals surface area contributed by atoms with E-state index in [1.165, 1.54) is 82.4 Å². The third-order valence-corrected chi connectivity index (χ3v) is 12.4. The van der Waals surface area contributed by atoms with Crippen LogP contribution in [0.3, 0.4) is 0 Å². The zero-order valence-electron chi connectivity index (χ0n) is 37.9. The Balaban J connectivity index is 5.23. The van der Waals surface area contributed by atoms with Crippen LogP contribution in [0.25, 0.3) is 0 Å². The van der Waals surface area contributed by atoms with Crippen molar-refractivity contribution in [3.05, 3.63) is 48.6 Å². The fraction of sp³-hybridized carbons (Fsp3) is 0.761. The number of allylic oxidation sites excluding steroid dienone is 7. The van der Waals surface area contributed by atoms with Gasteiger partial charge in [-0.25, -0.2) is 4.57 Å². The van der Waals surface area contributed by atoms with E-state index in [0.717, 1.165) is 38.0 Å². The molecule has 16 heteroatoms. The molecule has 0 bridgehead atoms. The molecule has 0 rings (SSSR count). The molecule has 62 heavy (non-hydrogen) atoms. The van der Waals surface area contributed by atoms with Crippen LogP contribution in [-0.2, 0) is 37.5 Å². The summed E-state index contributed by atoms with van der Waals surface area (Å²) in [6.45, 7) is 4.09. The maximum absolute atomic E-state index is 13.1. The number of unbranched alkanes of at least 4 members (excludes halogenated alkanes) is 12. The highest BCUT2D eigenvalue weighted by molar-refractivity contribution is 8.00. The van der Waals surface area contributed by atoms with Crippen LogP contribution in [0.15, 0.2) is 48.6 Å². The minimum Gasteiger partial charge on any atom is -0.481 e. The van der Waals surface area contributed by atoms with E-state index in [1.807, 2.05) is 18.2 Å². The van der Waals surface area contributed by atoms with Crippen molar-refractivity contribution >= 4 is 37.5 Å². The molecule has 0 saturated heterocycles. The van der Waals surface area contributed by atoms with Crippen LogP contribution in [0.2, 0.25) is 0 Å². The van der Waals surface area contributed by atoms with Gasteiger partial charge in [0.2, 0.25) is 0 Å². The van der Waals surface area contributed by atoms with E-state index in [1.54, 1.807) is 18.2 Å². The summed E-state index contributed by atoms with van der Waals surface area (Å²) in [6, 6.07) is -1.24. The number of carbonyl (C=O) groups excluding carboxylic acids is 2. The lowest BCUT2D eigenvalue weighted by atomic mass is 9.99. The topological polar surface area (TPSA) is 232 Å². The van der Waals surface area contributed by atoms with Crippen molar-refractivity contribution < 1.29 is 62.8 Å². The molecule has 0 radical (unpaired) electrons. The number of thioether (sulfide) groups is 1. The third-order valence-electron chi connectivity index (χ3n) is 10.0. The van der Waals surface area contributed by atoms with E-state index in [9.17, 15) is 34.1 Å². The molecule has 0 aliphatic carbocycles. The van der Waals surface area contributed by atoms with Gasteiger partial charge in [-0.05, 0) is 44.4 Å². The summed E-state index contributed by atoms with van der Waals surface area (Å²) in [6.07, 6.45) is 31.3. The van der Waals surface area contributed by atoms with Crippen LogP contribution < -0.4 is 5.73 Å². The summed E-state index contributed by atoms with van der Waals surface area (Å²) in [4.78, 5) is 46.9. The van der Waals surface area contributed by atoms with Gasteiger partial charge in [-0.15, -0.1) is 11.8 Å². The Morgan fingerprint density at radius 2 is 1.40 bits per heavy atom. The van der Waals surface area contributed by atoms with Crippen molar-refractivity contribution in [1.29, 1.82) is 0 Å². The maximum Gasteiger partial charge on any atom is 0.472 e. The first-order valence-corrected chi connectivity index (χ1v) is 25.5. The molecule has 0 fully saturated rings. The molecule has 7 atom stereocenters. The van der Waals surface area contributed by atoms with Crippen LogP contribution >= 0.6 is 19.6 Å². The van der Waals surface area contributed by atoms with Crippen LogP contribution in [-0.4, -0.2) is 105 Å². The molecule has 0 spiro atoms. The highest BCUT2D eigenvalue weighted by Crippen LogP contribution is 2.43. The van der Waals surface area contributed by atoms with Gasteiger partial charge in [-0.2, -0.15) is 0 Å². The summed E-state index contributed by atoms with van der Waals surface area (Å²) in [5.41, 5.74) is 6.19. The Bertz CT molecular complexity index is 1310. The molecule has 7 N–H and O–H groups in total. The molecule has 14 nitrogen and oxygen atoms in total. The SMILES string of the molecule is CCCCC/C=C\C\C=C/C=C/C=C/[C@@H](SC[C@H](N)C(=O)O[C@H](COC(=O)CCCCCCCCCCCCC(C)CC)COP(=O)(O)OC[C@@H](O)CO)[C@@H](O)CCCC(=O)O. The van der Waals surface area contributed by atoms with E-state index in [-0.39, 0.29) is 31.4 Å². The largest absolute Gasteiger partial charge is 0.481 e. The Hall–Kier alpha value is -2.33. The molecular formula is C46H82NO13PS. The van der Waals surface area contributed by atoms with E-state index in [2.05, 4.69) is 37.4 Å². The number of nitrogens with two attached hydrogens (primary N) is 1. The fourth-order valence-electron chi connectivity index (χ4n) is 5.92. The number of carboxylic acid groups (broad SMARTS) is 1. The van der Waals surface area contributed by atoms with Gasteiger partial charge in [0.15, 0.2) is 6.10 Å². The van der Waals surface area contributed by atoms with Gasteiger partial charge >= 0.3 is 25.7 Å². The Labute approximate surface area is 376 Å². The third kappa shape index (κ3) is 37.1. The van der Waals surface area contributed by atoms with Gasteiger partial charge in [-0.1, -0.05) is 153 Å². The Kier molecular flexibility index (Phi) is 38.7. The fourth-order valence-corrected chi connectivity index (χ4v) is 7.84. The lowest BCUT2D eigenvalue weighted by molar-refractivity contribution is -0.161. The molecular weight excluding hydrogens is 838 g/mol. The van der Waals surface area contributed by atoms with Crippen molar-refractivity contribution in [2.45, 2.75) is 185 Å². The first-order valence-electron chi connectivity index (χ1n) is 22.9. The normalized spacial score (nSPS) is 16.1. The van der Waals surface area contributed by atoms with Crippen molar-refractivity contribution in [3.8, 4) is 0 Å². The van der Waals surface area contributed by atoms with Crippen LogP contribution in [0.5, 0.6) is 0 Å². The van der Waals surface area contributed by atoms with Crippen LogP contribution in [0.1, 0.15) is 156 Å². The van der Waals surface area contributed by atoms with Gasteiger partial charge in [0.25, 0.3) is 0 Å². The second kappa shape index (κ2) is 40.2. The standard InChI is InChI=1S/C46H82NO13PS/c1-4-6-7-8-9-10-11-12-16-19-22-25-30-43(42(50)29-27-31-44(51)52)62-37-41(47)46(54)60-40(36-59-61(55,56)58-34-39(49)33-48)35-57-45(53)32-26-23-20-17-14-13-15-18-21-24-28-38(3)5-2/h9-10,12,16,19,22,25,30,38-43,48-50H,4-8,11,13-15,17-18,20-21,23-24,26-29,31-37,47H2,1-3H3,(H,51,52)(H,55,56)/b10-9-,16-12-,22-19+,30-25+/t38?,39-,40+,41-,42-,43+/m0/s1. The van der Waals surface area contributed by atoms with Gasteiger partial charge in [0, 0.05) is 23.8 Å². The number of aliphatic hydroxyl groups excluding tert-OH is 3. The number of hydrogen-bond donors (Lipinski definition) is 6. The summed E-state index contributed by atoms with van der Waals surface area (Å²) in [5, 5.41) is 37.9. The second-order valence-corrected chi connectivity index (χ2v) is 18.5. The average molecular weight is 920 g/mol. The quantitative estimate of drug-likeness (QED) is 0.0110. The highest BCUT2D eigenvalue weighted by Gasteiger charge is 2.29. The lowest BCUT2D eigenvalue weighted by Crippen LogP contribution is -2.40. The first kappa shape index (κ1) is 59.7. The Morgan fingerprint density at radius 3 is 2.05 bits per heavy atom. The van der Waals surface area contributed by atoms with Gasteiger partial charge in [0.05, 0.1) is 25.9 Å². The summed E-state index contributed by atoms with van der Waals surface area (Å²) in [5.74, 6) is -1.65. The summed E-state index contributed by atoms with van der Waals surface area (Å²) < 4.78 is 32.9. The Morgan fingerprint density at radius 1 is 0.758 bits per heavy atom. The van der Waals surface area contributed by atoms with Gasteiger partial charge < -0.3 is 40.5 Å². The van der Waals surface area contributed by atoms with E-state index < -0.39 is 81.8 Å². The molecule has 2 unspecified atom stereocenters. The minimum absolute atomic E-state index is 0.0234. The van der Waals surface area contributed by atoms with Gasteiger partial charge in [0.1, 0.15) is 18.8 Å². The number of aliphatic hydroxyl groups is 3. The predicted molar refractivity (Wildman–Crippen MR) is 248 cm³/mol. The van der Waals surface area contributed by atoms with Crippen LogP contribution in [0.4, 0.5) is 0 Å². The van der Waals surface area contributed by atoms with Crippen molar-refractivity contribution in [1.82, 2.24) is 0 Å². The second-order valence-electron chi connectivity index (χ2n) is 15.9. The predicted octanol–water partition coefficient (Wildman–Crippen LogP) is 8.90. The molecule has 0 amide bonds. The lowest BCUT2D eigenvalue weighted by Gasteiger charge is -2.23. The molecule has 360 valence electrons. The molecule has 0 aliphatic heterocycles. The van der Waals surface area contributed by atoms with Gasteiger partial charge in [-0.3, -0.25) is 23.4 Å². The molecule has 0 saturated carbocycles. The summed E-state index contributed by atoms with van der Waals surface area (Å²) in [7, 11) is -4.78. The van der Waals surface area contributed by atoms with E-state index >= 15 is 0 Å². The number of carboxylic acids is 1. The highest BCUT2D eigenvalue weighted by atomic mass is 32.2. The number of aliphatic carboxylic acids is 1. The molecule has 0 aliphatic rings. The summed E-state index contributed by atoms with van der Waals surface area (Å²) >= 11 is 1.17. The number of carbonyl (C=O) groups is 3. The number of hydrogen-bond acceptors (Lipinski definition) is 13. The average Bonchev–Trinajstić information content (AvgIpc) is 3.24. The number of phosphoric acid groups is 1. The van der Waals surface area contributed by atoms with Crippen molar-refractivity contribution in [3.63, 3.8) is 0 Å². The molecule has 0 aromatic heterocycles. The monoisotopic (exact) mass is 920 g/mol. The molecule has 0 aromatic rings. The molecule has 0 aromatic carbocycles. The zero-order chi connectivity index (χ0) is 46.3. The first-order chi connectivity index (χ1) is 29.7. The van der Waals surface area contributed by atoms with Crippen molar-refractivity contribution in [2.75, 3.05) is 32.2 Å². The molecule has 0 heterocycles. The van der Waals surface area contributed by atoms with E-state index in [4.69, 9.17) is 29.9 Å².